The Kier molecular flexibility index (Phi) is 7.78. The molecule has 1 saturated heterocycles. The van der Waals surface area contributed by atoms with E-state index in [1.165, 1.54) is 38.9 Å². The lowest BCUT2D eigenvalue weighted by Crippen LogP contribution is -2.47. The lowest BCUT2D eigenvalue weighted by Gasteiger charge is -2.43. The molecule has 1 aromatic heterocycles. The highest BCUT2D eigenvalue weighted by Gasteiger charge is 2.39. The van der Waals surface area contributed by atoms with E-state index in [1.54, 1.807) is 0 Å². The van der Waals surface area contributed by atoms with Crippen LogP contribution in [0.4, 0.5) is 0 Å². The molecule has 3 nitrogen and oxygen atoms in total. The van der Waals surface area contributed by atoms with E-state index in [4.69, 9.17) is 5.73 Å². The Hall–Kier alpha value is -3.27. The molecule has 0 aliphatic carbocycles. The first-order valence-corrected chi connectivity index (χ1v) is 14.0. The molecule has 196 valence electrons. The van der Waals surface area contributed by atoms with Gasteiger partial charge in [-0.15, -0.1) is 0 Å². The van der Waals surface area contributed by atoms with Gasteiger partial charge in [0.15, 0.2) is 0 Å². The number of nitrogens with two attached hydrogens (primary N) is 1. The standard InChI is InChI=1S/C35H41N3/c1-27-6-12-30(13-7-27)34(26-36)18-22-38(23-19-34)24-20-35(33-5-4-21-37-25-33,31-14-8-28(2)9-15-31)32-16-10-29(3)11-17-32/h4-17,21,25H,18-20,22-24,26,36H2,1-3H3. The van der Waals surface area contributed by atoms with Crippen LogP contribution >= 0.6 is 0 Å². The van der Waals surface area contributed by atoms with Crippen LogP contribution in [0.1, 0.15) is 58.2 Å². The monoisotopic (exact) mass is 503 g/mol. The van der Waals surface area contributed by atoms with Crippen molar-refractivity contribution in [2.45, 2.75) is 50.9 Å². The van der Waals surface area contributed by atoms with E-state index in [-0.39, 0.29) is 10.8 Å². The van der Waals surface area contributed by atoms with Crippen molar-refractivity contribution >= 4 is 0 Å². The Bertz CT molecular complexity index is 1260. The summed E-state index contributed by atoms with van der Waals surface area (Å²) in [6.45, 7) is 10.3. The Morgan fingerprint density at radius 2 is 1.26 bits per heavy atom. The van der Waals surface area contributed by atoms with Crippen LogP contribution in [0.2, 0.25) is 0 Å². The van der Waals surface area contributed by atoms with E-state index in [2.05, 4.69) is 122 Å². The summed E-state index contributed by atoms with van der Waals surface area (Å²) in [5, 5.41) is 0. The Morgan fingerprint density at radius 3 is 1.74 bits per heavy atom. The second-order valence-electron chi connectivity index (χ2n) is 11.3. The van der Waals surface area contributed by atoms with Crippen LogP contribution in [0.5, 0.6) is 0 Å². The first kappa shape index (κ1) is 26.3. The van der Waals surface area contributed by atoms with Gasteiger partial charge in [-0.1, -0.05) is 95.6 Å². The van der Waals surface area contributed by atoms with Gasteiger partial charge in [0.05, 0.1) is 0 Å². The lowest BCUT2D eigenvalue weighted by atomic mass is 9.67. The molecule has 2 N–H and O–H groups in total. The average Bonchev–Trinajstić information content (AvgIpc) is 2.96. The number of hydrogen-bond acceptors (Lipinski definition) is 3. The number of benzene rings is 3. The largest absolute Gasteiger partial charge is 0.330 e. The van der Waals surface area contributed by atoms with E-state index < -0.39 is 0 Å². The van der Waals surface area contributed by atoms with Gasteiger partial charge in [0.1, 0.15) is 0 Å². The Morgan fingerprint density at radius 1 is 0.737 bits per heavy atom. The number of aromatic nitrogens is 1. The van der Waals surface area contributed by atoms with Crippen molar-refractivity contribution in [1.29, 1.82) is 0 Å². The minimum Gasteiger partial charge on any atom is -0.330 e. The summed E-state index contributed by atoms with van der Waals surface area (Å²) >= 11 is 0. The summed E-state index contributed by atoms with van der Waals surface area (Å²) in [7, 11) is 0. The third-order valence-electron chi connectivity index (χ3n) is 8.91. The van der Waals surface area contributed by atoms with Crippen molar-refractivity contribution in [2.75, 3.05) is 26.2 Å². The zero-order valence-electron chi connectivity index (χ0n) is 23.2. The summed E-state index contributed by atoms with van der Waals surface area (Å²) in [5.74, 6) is 0. The number of hydrogen-bond donors (Lipinski definition) is 1. The van der Waals surface area contributed by atoms with E-state index in [0.717, 1.165) is 38.9 Å². The second kappa shape index (κ2) is 11.2. The second-order valence-corrected chi connectivity index (χ2v) is 11.3. The summed E-state index contributed by atoms with van der Waals surface area (Å²) in [4.78, 5) is 7.22. The summed E-state index contributed by atoms with van der Waals surface area (Å²) in [6, 6.07) is 31.6. The van der Waals surface area contributed by atoms with Crippen LogP contribution in [-0.2, 0) is 10.8 Å². The molecular formula is C35H41N3. The van der Waals surface area contributed by atoms with E-state index in [1.807, 2.05) is 6.20 Å². The SMILES string of the molecule is Cc1ccc(C2(CN)CCN(CCC(c3ccc(C)cc3)(c3ccc(C)cc3)c3cccnc3)CC2)cc1. The molecule has 1 aliphatic rings. The van der Waals surface area contributed by atoms with Gasteiger partial charge in [0, 0.05) is 29.8 Å². The molecule has 1 fully saturated rings. The highest BCUT2D eigenvalue weighted by molar-refractivity contribution is 5.50. The molecule has 3 heteroatoms. The predicted molar refractivity (Wildman–Crippen MR) is 159 cm³/mol. The van der Waals surface area contributed by atoms with Crippen LogP contribution in [0.15, 0.2) is 97.3 Å². The smallest absolute Gasteiger partial charge is 0.0478 e. The normalized spacial score (nSPS) is 15.9. The number of pyridine rings is 1. The van der Waals surface area contributed by atoms with Crippen LogP contribution in [0.25, 0.3) is 0 Å². The van der Waals surface area contributed by atoms with Crippen molar-refractivity contribution in [2.24, 2.45) is 5.73 Å². The first-order chi connectivity index (χ1) is 18.4. The number of rotatable bonds is 8. The molecule has 0 amide bonds. The average molecular weight is 504 g/mol. The van der Waals surface area contributed by atoms with Gasteiger partial charge < -0.3 is 10.6 Å². The summed E-state index contributed by atoms with van der Waals surface area (Å²) in [5.41, 5.74) is 15.4. The van der Waals surface area contributed by atoms with Crippen LogP contribution in [0.3, 0.4) is 0 Å². The Balaban J connectivity index is 1.45. The van der Waals surface area contributed by atoms with Gasteiger partial charge in [-0.3, -0.25) is 4.98 Å². The molecule has 0 saturated carbocycles. The molecule has 3 aromatic carbocycles. The number of aryl methyl sites for hydroxylation is 3. The van der Waals surface area contributed by atoms with Crippen molar-refractivity contribution in [3.8, 4) is 0 Å². The molecule has 2 heterocycles. The molecule has 0 radical (unpaired) electrons. The molecule has 4 aromatic rings. The molecule has 0 spiro atoms. The van der Waals surface area contributed by atoms with Crippen LogP contribution in [0, 0.1) is 20.8 Å². The topological polar surface area (TPSA) is 42.1 Å². The maximum atomic E-state index is 6.42. The third kappa shape index (κ3) is 5.18. The van der Waals surface area contributed by atoms with Crippen molar-refractivity contribution in [3.63, 3.8) is 0 Å². The van der Waals surface area contributed by atoms with Gasteiger partial charge in [-0.25, -0.2) is 0 Å². The summed E-state index contributed by atoms with van der Waals surface area (Å²) in [6.07, 6.45) is 7.13. The summed E-state index contributed by atoms with van der Waals surface area (Å²) < 4.78 is 0. The van der Waals surface area contributed by atoms with Crippen molar-refractivity contribution in [3.05, 3.63) is 136 Å². The lowest BCUT2D eigenvalue weighted by molar-refractivity contribution is 0.155. The van der Waals surface area contributed by atoms with Crippen LogP contribution < -0.4 is 5.73 Å². The number of likely N-dealkylation sites (tertiary alicyclic amines) is 1. The van der Waals surface area contributed by atoms with Gasteiger partial charge in [-0.2, -0.15) is 0 Å². The highest BCUT2D eigenvalue weighted by Crippen LogP contribution is 2.43. The van der Waals surface area contributed by atoms with E-state index in [9.17, 15) is 0 Å². The predicted octanol–water partition coefficient (Wildman–Crippen LogP) is 6.72. The molecule has 5 rings (SSSR count). The minimum absolute atomic E-state index is 0.0819. The number of nitrogens with zero attached hydrogens (tertiary/aromatic N) is 2. The van der Waals surface area contributed by atoms with Gasteiger partial charge in [0.2, 0.25) is 0 Å². The van der Waals surface area contributed by atoms with E-state index in [0.29, 0.717) is 6.54 Å². The zero-order chi connectivity index (χ0) is 26.6. The highest BCUT2D eigenvalue weighted by atomic mass is 15.1. The van der Waals surface area contributed by atoms with Crippen molar-refractivity contribution in [1.82, 2.24) is 9.88 Å². The number of piperidine rings is 1. The van der Waals surface area contributed by atoms with Gasteiger partial charge in [-0.05, 0) is 88.0 Å². The quantitative estimate of drug-likeness (QED) is 0.290. The van der Waals surface area contributed by atoms with Gasteiger partial charge in [0.25, 0.3) is 0 Å². The van der Waals surface area contributed by atoms with Gasteiger partial charge >= 0.3 is 0 Å². The molecule has 1 aliphatic heterocycles. The van der Waals surface area contributed by atoms with E-state index >= 15 is 0 Å². The first-order valence-electron chi connectivity index (χ1n) is 14.0. The minimum atomic E-state index is -0.269. The Labute approximate surface area is 228 Å². The molecule has 0 unspecified atom stereocenters. The molecular weight excluding hydrogens is 462 g/mol. The zero-order valence-corrected chi connectivity index (χ0v) is 23.2. The molecule has 0 bridgehead atoms. The fourth-order valence-corrected chi connectivity index (χ4v) is 6.27. The third-order valence-corrected chi connectivity index (χ3v) is 8.91. The molecule has 0 atom stereocenters. The molecule has 38 heavy (non-hydrogen) atoms. The fraction of sp³-hybridized carbons (Fsp3) is 0.343. The maximum absolute atomic E-state index is 6.42. The fourth-order valence-electron chi connectivity index (χ4n) is 6.27. The maximum Gasteiger partial charge on any atom is 0.0478 e. The van der Waals surface area contributed by atoms with Crippen LogP contribution in [-0.4, -0.2) is 36.1 Å². The van der Waals surface area contributed by atoms with Crippen molar-refractivity contribution < 1.29 is 0 Å².